The quantitative estimate of drug-likeness (QED) is 0.657. The van der Waals surface area contributed by atoms with Crippen LogP contribution in [0.2, 0.25) is 10.0 Å². The smallest absolute Gasteiger partial charge is 0.266 e. The number of likely N-dealkylation sites (tertiary alicyclic amines) is 1. The van der Waals surface area contributed by atoms with Crippen molar-refractivity contribution >= 4 is 35.1 Å². The summed E-state index contributed by atoms with van der Waals surface area (Å²) >= 11 is 12.2. The fourth-order valence-corrected chi connectivity index (χ4v) is 2.77. The van der Waals surface area contributed by atoms with Gasteiger partial charge < -0.3 is 11.5 Å². The minimum Gasteiger partial charge on any atom is -0.370 e. The minimum atomic E-state index is -0.305. The van der Waals surface area contributed by atoms with Crippen molar-refractivity contribution in [3.8, 4) is 0 Å². The highest BCUT2D eigenvalue weighted by Gasteiger charge is 2.31. The van der Waals surface area contributed by atoms with Crippen LogP contribution in [0.3, 0.4) is 0 Å². The molecule has 1 aromatic rings. The Morgan fingerprint density at radius 1 is 1.40 bits per heavy atom. The summed E-state index contributed by atoms with van der Waals surface area (Å²) in [4.78, 5) is 17.6. The molecule has 2 rings (SSSR count). The summed E-state index contributed by atoms with van der Waals surface area (Å²) in [5.74, 6) is -0.511. The van der Waals surface area contributed by atoms with Gasteiger partial charge in [-0.1, -0.05) is 35.3 Å². The molecule has 5 nitrogen and oxygen atoms in total. The third-order valence-corrected chi connectivity index (χ3v) is 4.15. The van der Waals surface area contributed by atoms with Crippen LogP contribution in [0.4, 0.5) is 0 Å². The van der Waals surface area contributed by atoms with Crippen molar-refractivity contribution in [2.24, 2.45) is 16.5 Å². The molecule has 1 aromatic carbocycles. The maximum atomic E-state index is 12.0. The molecule has 20 heavy (non-hydrogen) atoms. The molecular formula is C13H16Cl2N4O. The third-order valence-electron chi connectivity index (χ3n) is 3.29. The Labute approximate surface area is 127 Å². The molecule has 1 fully saturated rings. The van der Waals surface area contributed by atoms with E-state index < -0.39 is 0 Å². The lowest BCUT2D eigenvalue weighted by Crippen LogP contribution is -2.36. The number of amides is 1. The molecular weight excluding hydrogens is 299 g/mol. The number of halogens is 2. The minimum absolute atomic E-state index is 0.206. The van der Waals surface area contributed by atoms with Crippen LogP contribution in [0.15, 0.2) is 23.2 Å². The van der Waals surface area contributed by atoms with Gasteiger partial charge in [-0.15, -0.1) is 0 Å². The molecule has 1 atom stereocenters. The van der Waals surface area contributed by atoms with Crippen molar-refractivity contribution in [1.82, 2.24) is 4.90 Å². The molecule has 1 unspecified atom stereocenters. The molecule has 4 N–H and O–H groups in total. The maximum Gasteiger partial charge on any atom is 0.266 e. The maximum absolute atomic E-state index is 12.0. The van der Waals surface area contributed by atoms with E-state index in [-0.39, 0.29) is 17.9 Å². The van der Waals surface area contributed by atoms with Gasteiger partial charge in [0.05, 0.1) is 16.1 Å². The molecule has 0 radical (unpaired) electrons. The average Bonchev–Trinajstić information content (AvgIpc) is 2.82. The summed E-state index contributed by atoms with van der Waals surface area (Å²) < 4.78 is 0. The zero-order chi connectivity index (χ0) is 14.7. The van der Waals surface area contributed by atoms with Crippen LogP contribution in [-0.2, 0) is 11.3 Å². The van der Waals surface area contributed by atoms with Gasteiger partial charge in [-0.05, 0) is 31.0 Å². The zero-order valence-electron chi connectivity index (χ0n) is 10.9. The van der Waals surface area contributed by atoms with Crippen molar-refractivity contribution in [2.75, 3.05) is 6.54 Å². The molecule has 1 amide bonds. The number of rotatable bonds is 3. The van der Waals surface area contributed by atoms with Crippen molar-refractivity contribution in [3.63, 3.8) is 0 Å². The van der Waals surface area contributed by atoms with E-state index in [0.29, 0.717) is 16.6 Å². The van der Waals surface area contributed by atoms with Gasteiger partial charge in [-0.25, -0.2) is 0 Å². The Morgan fingerprint density at radius 3 is 2.85 bits per heavy atom. The number of benzene rings is 1. The highest BCUT2D eigenvalue weighted by atomic mass is 35.5. The Balaban J connectivity index is 2.14. The summed E-state index contributed by atoms with van der Waals surface area (Å²) in [7, 11) is 0. The average molecular weight is 315 g/mol. The number of aliphatic imine (C=N–C) groups is 1. The lowest BCUT2D eigenvalue weighted by Gasteiger charge is -2.22. The van der Waals surface area contributed by atoms with Gasteiger partial charge in [0.1, 0.15) is 0 Å². The van der Waals surface area contributed by atoms with E-state index in [9.17, 15) is 4.79 Å². The van der Waals surface area contributed by atoms with Gasteiger partial charge in [-0.3, -0.25) is 9.69 Å². The summed E-state index contributed by atoms with van der Waals surface area (Å²) in [6, 6.07) is 5.17. The van der Waals surface area contributed by atoms with E-state index in [0.717, 1.165) is 24.9 Å². The molecule has 108 valence electrons. The molecule has 1 aliphatic heterocycles. The molecule has 1 heterocycles. The topological polar surface area (TPSA) is 84.7 Å². The number of carbonyl (C=O) groups excluding carboxylic acids is 1. The highest BCUT2D eigenvalue weighted by Crippen LogP contribution is 2.29. The van der Waals surface area contributed by atoms with Gasteiger partial charge in [0.25, 0.3) is 5.91 Å². The number of carbonyl (C=O) groups is 1. The number of hydrogen-bond donors (Lipinski definition) is 2. The van der Waals surface area contributed by atoms with Gasteiger partial charge in [0.2, 0.25) is 0 Å². The Morgan fingerprint density at radius 2 is 2.15 bits per heavy atom. The lowest BCUT2D eigenvalue weighted by molar-refractivity contribution is -0.122. The van der Waals surface area contributed by atoms with Crippen LogP contribution in [0.25, 0.3) is 0 Å². The SMILES string of the molecule is NC(N)=NC(=O)C1CCCN1Cc1cccc(Cl)c1Cl. The fourth-order valence-electron chi connectivity index (χ4n) is 2.39. The number of nitrogens with zero attached hydrogens (tertiary/aromatic N) is 2. The van der Waals surface area contributed by atoms with Crippen LogP contribution >= 0.6 is 23.2 Å². The van der Waals surface area contributed by atoms with Crippen molar-refractivity contribution in [1.29, 1.82) is 0 Å². The summed E-state index contributed by atoms with van der Waals surface area (Å²) in [6.07, 6.45) is 1.67. The molecule has 0 bridgehead atoms. The normalized spacial score (nSPS) is 19.0. The Hall–Kier alpha value is -1.30. The first-order valence-corrected chi connectivity index (χ1v) is 7.05. The van der Waals surface area contributed by atoms with Gasteiger partial charge in [0.15, 0.2) is 5.96 Å². The third kappa shape index (κ3) is 3.42. The van der Waals surface area contributed by atoms with Crippen LogP contribution in [0.1, 0.15) is 18.4 Å². The first kappa shape index (κ1) is 15.1. The first-order valence-electron chi connectivity index (χ1n) is 6.29. The molecule has 1 aliphatic rings. The fraction of sp³-hybridized carbons (Fsp3) is 0.385. The second-order valence-electron chi connectivity index (χ2n) is 4.72. The van der Waals surface area contributed by atoms with Crippen molar-refractivity contribution in [2.45, 2.75) is 25.4 Å². The summed E-state index contributed by atoms with van der Waals surface area (Å²) in [5.41, 5.74) is 11.4. The van der Waals surface area contributed by atoms with Gasteiger partial charge in [-0.2, -0.15) is 4.99 Å². The second kappa shape index (κ2) is 6.43. The zero-order valence-corrected chi connectivity index (χ0v) is 12.4. The monoisotopic (exact) mass is 314 g/mol. The second-order valence-corrected chi connectivity index (χ2v) is 5.50. The van der Waals surface area contributed by atoms with Gasteiger partial charge >= 0.3 is 0 Å². The number of guanidine groups is 1. The molecule has 0 aliphatic carbocycles. The van der Waals surface area contributed by atoms with E-state index in [1.165, 1.54) is 0 Å². The molecule has 7 heteroatoms. The predicted octanol–water partition coefficient (Wildman–Crippen LogP) is 1.76. The van der Waals surface area contributed by atoms with E-state index in [4.69, 9.17) is 34.7 Å². The molecule has 0 spiro atoms. The van der Waals surface area contributed by atoms with Crippen LogP contribution in [-0.4, -0.2) is 29.4 Å². The van der Waals surface area contributed by atoms with Crippen LogP contribution in [0, 0.1) is 0 Å². The van der Waals surface area contributed by atoms with Crippen LogP contribution in [0.5, 0.6) is 0 Å². The standard InChI is InChI=1S/C13H16Cl2N4O/c14-9-4-1-3-8(11(9)15)7-19-6-2-5-10(19)12(20)18-13(16)17/h1,3-4,10H,2,5-7H2,(H4,16,17,18,20). The molecule has 0 saturated carbocycles. The first-order chi connectivity index (χ1) is 9.49. The van der Waals surface area contributed by atoms with E-state index >= 15 is 0 Å². The molecule has 1 saturated heterocycles. The Bertz CT molecular complexity index is 543. The summed E-state index contributed by atoms with van der Waals surface area (Å²) in [5, 5.41) is 1.03. The Kier molecular flexibility index (Phi) is 4.86. The van der Waals surface area contributed by atoms with Gasteiger partial charge in [0, 0.05) is 6.54 Å². The number of nitrogens with two attached hydrogens (primary N) is 2. The van der Waals surface area contributed by atoms with E-state index in [1.54, 1.807) is 6.07 Å². The highest BCUT2D eigenvalue weighted by molar-refractivity contribution is 6.42. The van der Waals surface area contributed by atoms with Crippen molar-refractivity contribution < 1.29 is 4.79 Å². The predicted molar refractivity (Wildman–Crippen MR) is 80.7 cm³/mol. The van der Waals surface area contributed by atoms with E-state index in [2.05, 4.69) is 4.99 Å². The largest absolute Gasteiger partial charge is 0.370 e. The lowest BCUT2D eigenvalue weighted by atomic mass is 10.1. The van der Waals surface area contributed by atoms with E-state index in [1.807, 2.05) is 17.0 Å². The summed E-state index contributed by atoms with van der Waals surface area (Å²) in [6.45, 7) is 1.36. The molecule has 0 aromatic heterocycles. The number of hydrogen-bond acceptors (Lipinski definition) is 2. The van der Waals surface area contributed by atoms with Crippen molar-refractivity contribution in [3.05, 3.63) is 33.8 Å². The van der Waals surface area contributed by atoms with Crippen LogP contribution < -0.4 is 11.5 Å².